The lowest BCUT2D eigenvalue weighted by Crippen LogP contribution is -2.50. The van der Waals surface area contributed by atoms with E-state index < -0.39 is 17.3 Å². The van der Waals surface area contributed by atoms with E-state index in [0.29, 0.717) is 50.6 Å². The van der Waals surface area contributed by atoms with Crippen molar-refractivity contribution >= 4 is 11.6 Å². The van der Waals surface area contributed by atoms with Crippen LogP contribution < -0.4 is 4.90 Å². The van der Waals surface area contributed by atoms with Gasteiger partial charge in [0.05, 0.1) is 23.8 Å². The van der Waals surface area contributed by atoms with Crippen LogP contribution in [0.5, 0.6) is 0 Å². The van der Waals surface area contributed by atoms with E-state index in [4.69, 9.17) is 10.00 Å². The SMILES string of the molecule is COCC12CCN(C(=O)c3ccn[nH]3)CC1CN(c1ccc(C#N)c(C(F)(F)F)c1)C2. The number of alkyl halides is 3. The first-order chi connectivity index (χ1) is 14.8. The van der Waals surface area contributed by atoms with Crippen LogP contribution >= 0.6 is 0 Å². The number of anilines is 1. The van der Waals surface area contributed by atoms with Crippen LogP contribution in [0.25, 0.3) is 0 Å². The number of aromatic amines is 1. The summed E-state index contributed by atoms with van der Waals surface area (Å²) < 4.78 is 45.8. The molecule has 2 atom stereocenters. The smallest absolute Gasteiger partial charge is 0.384 e. The van der Waals surface area contributed by atoms with Crippen LogP contribution in [0.1, 0.15) is 28.0 Å². The van der Waals surface area contributed by atoms with Crippen LogP contribution in [0.4, 0.5) is 18.9 Å². The summed E-state index contributed by atoms with van der Waals surface area (Å²) in [5, 5.41) is 15.6. The molecule has 1 aromatic carbocycles. The number of nitrogens with one attached hydrogen (secondary N) is 1. The second kappa shape index (κ2) is 7.89. The molecule has 1 amide bonds. The van der Waals surface area contributed by atoms with Crippen molar-refractivity contribution in [1.29, 1.82) is 5.26 Å². The minimum absolute atomic E-state index is 0.0399. The topological polar surface area (TPSA) is 85.2 Å². The highest BCUT2D eigenvalue weighted by Crippen LogP contribution is 2.45. The van der Waals surface area contributed by atoms with Gasteiger partial charge >= 0.3 is 6.18 Å². The predicted molar refractivity (Wildman–Crippen MR) is 105 cm³/mol. The number of fused-ring (bicyclic) bond motifs is 1. The number of aromatic nitrogens is 2. The summed E-state index contributed by atoms with van der Waals surface area (Å²) in [6, 6.07) is 7.06. The number of H-pyrrole nitrogens is 1. The van der Waals surface area contributed by atoms with Gasteiger partial charge in [-0.2, -0.15) is 23.5 Å². The van der Waals surface area contributed by atoms with Gasteiger partial charge in [-0.3, -0.25) is 9.89 Å². The number of carbonyl (C=O) groups is 1. The Labute approximate surface area is 177 Å². The first-order valence-corrected chi connectivity index (χ1v) is 9.91. The number of nitriles is 1. The molecule has 1 N–H and O–H groups in total. The molecule has 2 aliphatic rings. The number of benzene rings is 1. The largest absolute Gasteiger partial charge is 0.417 e. The molecule has 0 radical (unpaired) electrons. The maximum absolute atomic E-state index is 13.4. The summed E-state index contributed by atoms with van der Waals surface area (Å²) in [5.41, 5.74) is -0.750. The average Bonchev–Trinajstić information content (AvgIpc) is 3.40. The van der Waals surface area contributed by atoms with Crippen molar-refractivity contribution in [3.8, 4) is 6.07 Å². The molecule has 2 aliphatic heterocycles. The van der Waals surface area contributed by atoms with Crippen molar-refractivity contribution in [2.75, 3.05) is 44.8 Å². The van der Waals surface area contributed by atoms with Gasteiger partial charge < -0.3 is 14.5 Å². The summed E-state index contributed by atoms with van der Waals surface area (Å²) in [4.78, 5) is 16.4. The molecular weight excluding hydrogens is 411 g/mol. The van der Waals surface area contributed by atoms with Gasteiger partial charge in [-0.15, -0.1) is 0 Å². The van der Waals surface area contributed by atoms with E-state index in [9.17, 15) is 18.0 Å². The van der Waals surface area contributed by atoms with Crippen molar-refractivity contribution in [2.45, 2.75) is 12.6 Å². The molecule has 2 aromatic rings. The van der Waals surface area contributed by atoms with Crippen LogP contribution in [0.2, 0.25) is 0 Å². The number of hydrogen-bond acceptors (Lipinski definition) is 5. The fourth-order valence-electron chi connectivity index (χ4n) is 4.79. The number of likely N-dealkylation sites (tertiary alicyclic amines) is 1. The van der Waals surface area contributed by atoms with Crippen LogP contribution in [0, 0.1) is 22.7 Å². The Morgan fingerprint density at radius 3 is 2.84 bits per heavy atom. The van der Waals surface area contributed by atoms with Crippen molar-refractivity contribution < 1.29 is 22.7 Å². The molecule has 10 heteroatoms. The predicted octanol–water partition coefficient (Wildman–Crippen LogP) is 2.92. The molecule has 2 saturated heterocycles. The molecule has 2 fully saturated rings. The van der Waals surface area contributed by atoms with Crippen molar-refractivity contribution in [3.63, 3.8) is 0 Å². The number of carbonyl (C=O) groups excluding carboxylic acids is 1. The second-order valence-electron chi connectivity index (χ2n) is 8.18. The molecule has 7 nitrogen and oxygen atoms in total. The fourth-order valence-corrected chi connectivity index (χ4v) is 4.79. The van der Waals surface area contributed by atoms with Crippen molar-refractivity contribution in [2.24, 2.45) is 11.3 Å². The van der Waals surface area contributed by atoms with E-state index in [1.807, 2.05) is 4.90 Å². The van der Waals surface area contributed by atoms with Gasteiger partial charge in [0.1, 0.15) is 5.69 Å². The minimum atomic E-state index is -4.61. The highest BCUT2D eigenvalue weighted by atomic mass is 19.4. The first kappa shape index (κ1) is 21.2. The van der Waals surface area contributed by atoms with E-state index in [-0.39, 0.29) is 17.2 Å². The van der Waals surface area contributed by atoms with E-state index >= 15 is 0 Å². The number of hydrogen-bond donors (Lipinski definition) is 1. The summed E-state index contributed by atoms with van der Waals surface area (Å²) in [5.74, 6) is -0.0993. The molecule has 31 heavy (non-hydrogen) atoms. The van der Waals surface area contributed by atoms with Gasteiger partial charge in [0.2, 0.25) is 0 Å². The Balaban J connectivity index is 1.60. The maximum atomic E-state index is 13.4. The van der Waals surface area contributed by atoms with Crippen LogP contribution in [0.15, 0.2) is 30.5 Å². The number of piperidine rings is 1. The highest BCUT2D eigenvalue weighted by Gasteiger charge is 2.50. The Morgan fingerprint density at radius 2 is 2.19 bits per heavy atom. The molecule has 4 rings (SSSR count). The van der Waals surface area contributed by atoms with E-state index in [1.54, 1.807) is 30.2 Å². The monoisotopic (exact) mass is 433 g/mol. The normalized spacial score (nSPS) is 23.5. The number of nitrogens with zero attached hydrogens (tertiary/aromatic N) is 4. The third-order valence-electron chi connectivity index (χ3n) is 6.38. The molecule has 164 valence electrons. The van der Waals surface area contributed by atoms with E-state index in [1.165, 1.54) is 12.3 Å². The van der Waals surface area contributed by atoms with Gasteiger partial charge in [-0.1, -0.05) is 0 Å². The van der Waals surface area contributed by atoms with Gasteiger partial charge in [-0.05, 0) is 30.7 Å². The van der Waals surface area contributed by atoms with Gasteiger partial charge in [0.25, 0.3) is 5.91 Å². The number of ether oxygens (including phenoxy) is 1. The molecule has 0 bridgehead atoms. The Hall–Kier alpha value is -3.06. The number of halogens is 3. The third kappa shape index (κ3) is 3.85. The lowest BCUT2D eigenvalue weighted by molar-refractivity contribution is -0.137. The lowest BCUT2D eigenvalue weighted by Gasteiger charge is -2.42. The quantitative estimate of drug-likeness (QED) is 0.802. The van der Waals surface area contributed by atoms with Crippen molar-refractivity contribution in [1.82, 2.24) is 15.1 Å². The van der Waals surface area contributed by atoms with Gasteiger partial charge in [0, 0.05) is 56.5 Å². The average molecular weight is 433 g/mol. The third-order valence-corrected chi connectivity index (χ3v) is 6.38. The number of amides is 1. The van der Waals surface area contributed by atoms with E-state index in [2.05, 4.69) is 10.2 Å². The number of methoxy groups -OCH3 is 1. The molecule has 1 aromatic heterocycles. The summed E-state index contributed by atoms with van der Waals surface area (Å²) in [6.07, 6.45) is -2.40. The van der Waals surface area contributed by atoms with Gasteiger partial charge in [-0.25, -0.2) is 0 Å². The standard InChI is InChI=1S/C21H22F3N5O2/c1-31-13-20-5-7-28(19(30)18-4-6-26-27-18)10-15(20)11-29(12-20)16-3-2-14(9-25)17(8-16)21(22,23)24/h2-4,6,8,15H,5,7,10-13H2,1H3,(H,26,27). The zero-order valence-corrected chi connectivity index (χ0v) is 16.9. The Bertz CT molecular complexity index is 1000. The molecule has 0 aliphatic carbocycles. The van der Waals surface area contributed by atoms with Crippen LogP contribution in [-0.2, 0) is 10.9 Å². The number of rotatable bonds is 4. The highest BCUT2D eigenvalue weighted by molar-refractivity contribution is 5.92. The van der Waals surface area contributed by atoms with Gasteiger partial charge in [0.15, 0.2) is 0 Å². The Kier molecular flexibility index (Phi) is 5.39. The molecule has 2 unspecified atom stereocenters. The molecule has 0 saturated carbocycles. The zero-order valence-electron chi connectivity index (χ0n) is 16.9. The summed E-state index contributed by atoms with van der Waals surface area (Å²) >= 11 is 0. The molecule has 3 heterocycles. The molecule has 0 spiro atoms. The van der Waals surface area contributed by atoms with Crippen LogP contribution in [-0.4, -0.2) is 60.9 Å². The van der Waals surface area contributed by atoms with E-state index in [0.717, 1.165) is 6.07 Å². The fraction of sp³-hybridized carbons (Fsp3) is 0.476. The first-order valence-electron chi connectivity index (χ1n) is 9.91. The Morgan fingerprint density at radius 1 is 1.39 bits per heavy atom. The minimum Gasteiger partial charge on any atom is -0.384 e. The summed E-state index contributed by atoms with van der Waals surface area (Å²) in [7, 11) is 1.61. The molecular formula is C21H22F3N5O2. The zero-order chi connectivity index (χ0) is 22.2. The lowest BCUT2D eigenvalue weighted by atomic mass is 9.73. The van der Waals surface area contributed by atoms with Crippen molar-refractivity contribution in [3.05, 3.63) is 47.3 Å². The van der Waals surface area contributed by atoms with Crippen LogP contribution in [0.3, 0.4) is 0 Å². The second-order valence-corrected chi connectivity index (χ2v) is 8.18. The summed E-state index contributed by atoms with van der Waals surface area (Å²) in [6.45, 7) is 2.51. The maximum Gasteiger partial charge on any atom is 0.417 e.